The molecule has 1 aliphatic heterocycles. The maximum Gasteiger partial charge on any atom is 0.407 e. The fourth-order valence-corrected chi connectivity index (χ4v) is 2.28. The topological polar surface area (TPSA) is 56.8 Å². The van der Waals surface area contributed by atoms with Crippen LogP contribution < -0.4 is 14.8 Å². The molecule has 7 heteroatoms. The van der Waals surface area contributed by atoms with E-state index in [0.29, 0.717) is 17.1 Å². The van der Waals surface area contributed by atoms with Gasteiger partial charge >= 0.3 is 6.09 Å². The third-order valence-corrected chi connectivity index (χ3v) is 3.43. The number of hydrogen-bond donors (Lipinski definition) is 1. The van der Waals surface area contributed by atoms with Gasteiger partial charge < -0.3 is 19.5 Å². The number of nitrogens with one attached hydrogen (secondary N) is 1. The van der Waals surface area contributed by atoms with Crippen LogP contribution in [0.3, 0.4) is 0 Å². The summed E-state index contributed by atoms with van der Waals surface area (Å²) in [5.74, 6) is 0.272. The van der Waals surface area contributed by atoms with Crippen molar-refractivity contribution in [3.63, 3.8) is 0 Å². The van der Waals surface area contributed by atoms with Crippen LogP contribution in [0.4, 0.5) is 9.18 Å². The summed E-state index contributed by atoms with van der Waals surface area (Å²) < 4.78 is 29.5. The van der Waals surface area contributed by atoms with Crippen LogP contribution in [0.25, 0.3) is 0 Å². The summed E-state index contributed by atoms with van der Waals surface area (Å²) in [5.41, 5.74) is -0.0850. The van der Waals surface area contributed by atoms with E-state index in [1.54, 1.807) is 6.07 Å². The minimum atomic E-state index is -0.552. The Bertz CT molecular complexity index is 536. The highest BCUT2D eigenvalue weighted by Gasteiger charge is 2.39. The number of carbonyl (C=O) groups excluding carboxylic acids is 1. The second-order valence-electron chi connectivity index (χ2n) is 5.37. The van der Waals surface area contributed by atoms with Gasteiger partial charge in [-0.3, -0.25) is 0 Å². The number of benzene rings is 1. The van der Waals surface area contributed by atoms with Crippen LogP contribution >= 0.6 is 12.4 Å². The smallest absolute Gasteiger partial charge is 0.407 e. The van der Waals surface area contributed by atoms with E-state index < -0.39 is 23.4 Å². The van der Waals surface area contributed by atoms with Crippen molar-refractivity contribution in [3.05, 3.63) is 23.5 Å². The van der Waals surface area contributed by atoms with E-state index in [1.807, 2.05) is 13.8 Å². The van der Waals surface area contributed by atoms with Gasteiger partial charge in [-0.15, -0.1) is 12.4 Å². The summed E-state index contributed by atoms with van der Waals surface area (Å²) in [5, 5.41) is 2.66. The number of rotatable bonds is 3. The van der Waals surface area contributed by atoms with Crippen LogP contribution in [-0.2, 0) is 4.74 Å². The minimum absolute atomic E-state index is 0. The van der Waals surface area contributed by atoms with Crippen LogP contribution in [0.15, 0.2) is 12.1 Å². The zero-order valence-corrected chi connectivity index (χ0v) is 13.2. The molecular weight excluding hydrogens is 301 g/mol. The minimum Gasteiger partial charge on any atom is -0.493 e. The van der Waals surface area contributed by atoms with Crippen molar-refractivity contribution in [2.45, 2.75) is 19.9 Å². The van der Waals surface area contributed by atoms with Crippen molar-refractivity contribution in [2.24, 2.45) is 5.41 Å². The summed E-state index contributed by atoms with van der Waals surface area (Å²) in [6.45, 7) is 4.01. The monoisotopic (exact) mass is 319 g/mol. The predicted octanol–water partition coefficient (Wildman–Crippen LogP) is 3.07. The van der Waals surface area contributed by atoms with Crippen LogP contribution in [0.1, 0.15) is 25.5 Å². The van der Waals surface area contributed by atoms with Crippen molar-refractivity contribution in [1.29, 1.82) is 0 Å². The lowest BCUT2D eigenvalue weighted by molar-refractivity contribution is 0.0377. The molecule has 1 atom stereocenters. The Morgan fingerprint density at radius 1 is 1.29 bits per heavy atom. The molecule has 1 N–H and O–H groups in total. The van der Waals surface area contributed by atoms with Gasteiger partial charge in [-0.1, -0.05) is 13.8 Å². The summed E-state index contributed by atoms with van der Waals surface area (Å²) in [6, 6.07) is 2.31. The first-order valence-electron chi connectivity index (χ1n) is 6.23. The molecule has 0 radical (unpaired) electrons. The quantitative estimate of drug-likeness (QED) is 0.930. The average molecular weight is 320 g/mol. The maximum absolute atomic E-state index is 14.3. The van der Waals surface area contributed by atoms with Crippen molar-refractivity contribution in [2.75, 3.05) is 20.8 Å². The first-order chi connectivity index (χ1) is 9.39. The predicted molar refractivity (Wildman–Crippen MR) is 77.8 cm³/mol. The normalized spacial score (nSPS) is 19.9. The molecule has 1 saturated heterocycles. The van der Waals surface area contributed by atoms with Gasteiger partial charge in [0.15, 0.2) is 11.5 Å². The van der Waals surface area contributed by atoms with E-state index in [1.165, 1.54) is 20.3 Å². The molecule has 21 heavy (non-hydrogen) atoms. The number of hydrogen-bond acceptors (Lipinski definition) is 4. The SMILES string of the molecule is COc1cc(F)c([C@H]2NC(=O)OCC2(C)C)cc1OC.Cl. The van der Waals surface area contributed by atoms with Crippen molar-refractivity contribution < 1.29 is 23.4 Å². The third-order valence-electron chi connectivity index (χ3n) is 3.43. The Labute approximate surface area is 129 Å². The fraction of sp³-hybridized carbons (Fsp3) is 0.500. The Balaban J connectivity index is 0.00000220. The number of ether oxygens (including phenoxy) is 3. The molecular formula is C14H19ClFNO4. The molecule has 0 saturated carbocycles. The number of alkyl carbamates (subject to hydrolysis) is 1. The van der Waals surface area contributed by atoms with Crippen LogP contribution in [0.5, 0.6) is 11.5 Å². The standard InChI is InChI=1S/C14H18FNO4.ClH/c1-14(2)7-20-13(17)16-12(14)8-5-10(18-3)11(19-4)6-9(8)15;/h5-6,12H,7H2,1-4H3,(H,16,17);1H/t12-;/m1./s1. The molecule has 0 aliphatic carbocycles. The van der Waals surface area contributed by atoms with Crippen molar-refractivity contribution >= 4 is 18.5 Å². The number of amides is 1. The van der Waals surface area contributed by atoms with Gasteiger partial charge in [0.2, 0.25) is 0 Å². The number of carbonyl (C=O) groups is 1. The van der Waals surface area contributed by atoms with E-state index in [4.69, 9.17) is 14.2 Å². The molecule has 5 nitrogen and oxygen atoms in total. The zero-order valence-electron chi connectivity index (χ0n) is 12.4. The van der Waals surface area contributed by atoms with Gasteiger partial charge in [-0.25, -0.2) is 9.18 Å². The zero-order chi connectivity index (χ0) is 14.9. The largest absolute Gasteiger partial charge is 0.493 e. The Kier molecular flexibility index (Phi) is 5.28. The summed E-state index contributed by atoms with van der Waals surface area (Å²) >= 11 is 0. The van der Waals surface area contributed by atoms with E-state index in [0.717, 1.165) is 0 Å². The highest BCUT2D eigenvalue weighted by Crippen LogP contribution is 2.41. The van der Waals surface area contributed by atoms with Crippen LogP contribution in [0.2, 0.25) is 0 Å². The lowest BCUT2D eigenvalue weighted by Crippen LogP contribution is -2.47. The molecule has 1 amide bonds. The third kappa shape index (κ3) is 3.32. The molecule has 118 valence electrons. The Morgan fingerprint density at radius 3 is 2.43 bits per heavy atom. The lowest BCUT2D eigenvalue weighted by atomic mass is 9.80. The summed E-state index contributed by atoms with van der Waals surface area (Å²) in [7, 11) is 2.92. The summed E-state index contributed by atoms with van der Waals surface area (Å²) in [4.78, 5) is 11.4. The second kappa shape index (κ2) is 6.39. The molecule has 1 aromatic rings. The Hall–Kier alpha value is -1.69. The number of cyclic esters (lactones) is 1. The van der Waals surface area contributed by atoms with Crippen LogP contribution in [0, 0.1) is 11.2 Å². The molecule has 1 aliphatic rings. The molecule has 1 heterocycles. The van der Waals surface area contributed by atoms with Crippen molar-refractivity contribution in [3.8, 4) is 11.5 Å². The van der Waals surface area contributed by atoms with Gasteiger partial charge in [0.05, 0.1) is 20.3 Å². The van der Waals surface area contributed by atoms with Gasteiger partial charge in [-0.05, 0) is 6.07 Å². The molecule has 1 aromatic carbocycles. The molecule has 0 unspecified atom stereocenters. The highest BCUT2D eigenvalue weighted by atomic mass is 35.5. The first kappa shape index (κ1) is 17.4. The van der Waals surface area contributed by atoms with Crippen molar-refractivity contribution in [1.82, 2.24) is 5.32 Å². The fourth-order valence-electron chi connectivity index (χ4n) is 2.28. The van der Waals surface area contributed by atoms with E-state index in [2.05, 4.69) is 5.32 Å². The molecule has 1 fully saturated rings. The van der Waals surface area contributed by atoms with Gasteiger partial charge in [-0.2, -0.15) is 0 Å². The van der Waals surface area contributed by atoms with Crippen LogP contribution in [-0.4, -0.2) is 26.9 Å². The second-order valence-corrected chi connectivity index (χ2v) is 5.37. The molecule has 0 spiro atoms. The highest BCUT2D eigenvalue weighted by molar-refractivity contribution is 5.85. The molecule has 0 bridgehead atoms. The first-order valence-corrected chi connectivity index (χ1v) is 6.23. The van der Waals surface area contributed by atoms with E-state index >= 15 is 0 Å². The van der Waals surface area contributed by atoms with Gasteiger partial charge in [0.1, 0.15) is 12.4 Å². The maximum atomic E-state index is 14.3. The number of methoxy groups -OCH3 is 2. The van der Waals surface area contributed by atoms with E-state index in [9.17, 15) is 9.18 Å². The molecule has 0 aromatic heterocycles. The van der Waals surface area contributed by atoms with Gasteiger partial charge in [0.25, 0.3) is 0 Å². The average Bonchev–Trinajstić information content (AvgIpc) is 2.41. The lowest BCUT2D eigenvalue weighted by Gasteiger charge is -2.38. The summed E-state index contributed by atoms with van der Waals surface area (Å²) in [6.07, 6.45) is -0.552. The van der Waals surface area contributed by atoms with E-state index in [-0.39, 0.29) is 19.0 Å². The molecule has 2 rings (SSSR count). The van der Waals surface area contributed by atoms with Gasteiger partial charge in [0, 0.05) is 17.0 Å². The Morgan fingerprint density at radius 2 is 1.86 bits per heavy atom. The number of halogens is 2.